The van der Waals surface area contributed by atoms with E-state index in [1.54, 1.807) is 19.9 Å². The van der Waals surface area contributed by atoms with Crippen molar-refractivity contribution in [1.29, 1.82) is 0 Å². The number of hydrogen-bond acceptors (Lipinski definition) is 7. The Kier molecular flexibility index (Phi) is 6.55. The Balaban J connectivity index is 1.37. The summed E-state index contributed by atoms with van der Waals surface area (Å²) in [5.41, 5.74) is 0. The maximum Gasteiger partial charge on any atom is 0.238 e. The molecular weight excluding hydrogens is 358 g/mol. The minimum absolute atomic E-state index is 0.0682. The number of carbonyl (C=O) groups excluding carboxylic acids is 2. The lowest BCUT2D eigenvalue weighted by Crippen LogP contribution is -2.42. The molecule has 2 saturated heterocycles. The third-order valence-electron chi connectivity index (χ3n) is 4.63. The van der Waals surface area contributed by atoms with Gasteiger partial charge in [-0.3, -0.25) is 9.59 Å². The summed E-state index contributed by atoms with van der Waals surface area (Å²) in [4.78, 5) is 26.4. The van der Waals surface area contributed by atoms with E-state index < -0.39 is 0 Å². The van der Waals surface area contributed by atoms with Crippen LogP contribution in [0.5, 0.6) is 0 Å². The number of hydrogen-bond donors (Lipinski definition) is 1. The summed E-state index contributed by atoms with van der Waals surface area (Å²) in [5.74, 6) is 1.55. The van der Waals surface area contributed by atoms with Crippen molar-refractivity contribution < 1.29 is 23.6 Å². The van der Waals surface area contributed by atoms with Crippen molar-refractivity contribution in [1.82, 2.24) is 10.1 Å². The first-order valence-corrected chi connectivity index (χ1v) is 9.94. The Labute approximate surface area is 156 Å². The predicted molar refractivity (Wildman–Crippen MR) is 96.8 cm³/mol. The molecule has 0 spiro atoms. The second-order valence-electron chi connectivity index (χ2n) is 6.59. The highest BCUT2D eigenvalue weighted by atomic mass is 32.2. The highest BCUT2D eigenvalue weighted by molar-refractivity contribution is 8.01. The molecule has 2 aliphatic rings. The van der Waals surface area contributed by atoms with Crippen LogP contribution >= 0.6 is 11.8 Å². The summed E-state index contributed by atoms with van der Waals surface area (Å²) in [6.45, 7) is 6.29. The summed E-state index contributed by atoms with van der Waals surface area (Å²) in [6.07, 6.45) is 1.68. The molecule has 9 heteroatoms. The Hall–Kier alpha value is -1.58. The third kappa shape index (κ3) is 4.99. The third-order valence-corrected chi connectivity index (χ3v) is 5.76. The van der Waals surface area contributed by atoms with Crippen LogP contribution in [-0.4, -0.2) is 65.5 Å². The summed E-state index contributed by atoms with van der Waals surface area (Å²) in [7, 11) is 0. The lowest BCUT2D eigenvalue weighted by atomic mass is 9.96. The zero-order valence-corrected chi connectivity index (χ0v) is 15.9. The van der Waals surface area contributed by atoms with Crippen LogP contribution in [0.4, 0.5) is 5.82 Å². The number of nitrogens with one attached hydrogen (secondary N) is 1. The van der Waals surface area contributed by atoms with Gasteiger partial charge in [-0.2, -0.15) is 0 Å². The Morgan fingerprint density at radius 2 is 2.04 bits per heavy atom. The molecule has 2 aliphatic heterocycles. The first kappa shape index (κ1) is 19.2. The fourth-order valence-electron chi connectivity index (χ4n) is 3.09. The molecular formula is C17H25N3O5S. The summed E-state index contributed by atoms with van der Waals surface area (Å²) < 4.78 is 16.0. The number of aromatic nitrogens is 1. The number of aryl methyl sites for hydroxylation is 1. The van der Waals surface area contributed by atoms with Gasteiger partial charge in [0.1, 0.15) is 5.76 Å². The van der Waals surface area contributed by atoms with Gasteiger partial charge in [-0.05, 0) is 26.7 Å². The van der Waals surface area contributed by atoms with Crippen LogP contribution < -0.4 is 5.32 Å². The van der Waals surface area contributed by atoms with Crippen molar-refractivity contribution in [2.75, 3.05) is 37.4 Å². The van der Waals surface area contributed by atoms with Gasteiger partial charge >= 0.3 is 0 Å². The van der Waals surface area contributed by atoms with Crippen molar-refractivity contribution in [2.45, 2.75) is 38.2 Å². The van der Waals surface area contributed by atoms with Gasteiger partial charge in [-0.25, -0.2) is 0 Å². The van der Waals surface area contributed by atoms with Gasteiger partial charge in [-0.1, -0.05) is 5.16 Å². The van der Waals surface area contributed by atoms with E-state index in [1.807, 2.05) is 4.90 Å². The molecule has 2 amide bonds. The number of likely N-dealkylation sites (tertiary alicyclic amines) is 1. The first-order valence-electron chi connectivity index (χ1n) is 8.89. The van der Waals surface area contributed by atoms with Gasteiger partial charge in [0.2, 0.25) is 11.8 Å². The molecule has 0 saturated carbocycles. The van der Waals surface area contributed by atoms with Gasteiger partial charge < -0.3 is 24.2 Å². The molecule has 0 radical (unpaired) electrons. The summed E-state index contributed by atoms with van der Waals surface area (Å²) in [5, 5.41) is 6.07. The normalized spacial score (nSPS) is 20.3. The number of anilines is 1. The summed E-state index contributed by atoms with van der Waals surface area (Å²) in [6, 6.07) is 1.66. The van der Waals surface area contributed by atoms with Crippen molar-refractivity contribution in [3.05, 3.63) is 11.8 Å². The monoisotopic (exact) mass is 383 g/mol. The molecule has 1 N–H and O–H groups in total. The van der Waals surface area contributed by atoms with Crippen LogP contribution in [0.2, 0.25) is 0 Å². The highest BCUT2D eigenvalue weighted by Gasteiger charge is 2.31. The number of thioether (sulfide) groups is 1. The molecule has 1 atom stereocenters. The molecule has 144 valence electrons. The van der Waals surface area contributed by atoms with Crippen LogP contribution in [-0.2, 0) is 19.1 Å². The Bertz CT molecular complexity index is 624. The number of rotatable bonds is 6. The van der Waals surface area contributed by atoms with Crippen molar-refractivity contribution in [3.8, 4) is 0 Å². The maximum absolute atomic E-state index is 12.4. The fraction of sp³-hybridized carbons (Fsp3) is 0.706. The zero-order chi connectivity index (χ0) is 18.5. The van der Waals surface area contributed by atoms with E-state index in [4.69, 9.17) is 14.0 Å². The molecule has 1 unspecified atom stereocenters. The lowest BCUT2D eigenvalue weighted by molar-refractivity contribution is -0.134. The van der Waals surface area contributed by atoms with Gasteiger partial charge in [0.25, 0.3) is 0 Å². The van der Waals surface area contributed by atoms with Crippen LogP contribution in [0.1, 0.15) is 25.5 Å². The maximum atomic E-state index is 12.4. The molecule has 2 fully saturated rings. The van der Waals surface area contributed by atoms with E-state index in [9.17, 15) is 9.59 Å². The first-order chi connectivity index (χ1) is 12.5. The second kappa shape index (κ2) is 8.88. The smallest absolute Gasteiger partial charge is 0.238 e. The van der Waals surface area contributed by atoms with Crippen LogP contribution in [0.15, 0.2) is 10.6 Å². The second-order valence-corrected chi connectivity index (χ2v) is 7.92. The largest absolute Gasteiger partial charge is 0.360 e. The minimum Gasteiger partial charge on any atom is -0.360 e. The highest BCUT2D eigenvalue weighted by Crippen LogP contribution is 2.26. The topological polar surface area (TPSA) is 93.9 Å². The van der Waals surface area contributed by atoms with E-state index in [0.717, 1.165) is 12.8 Å². The molecule has 3 heterocycles. The van der Waals surface area contributed by atoms with Gasteiger partial charge in [-0.15, -0.1) is 11.8 Å². The predicted octanol–water partition coefficient (Wildman–Crippen LogP) is 1.65. The molecule has 1 aromatic rings. The number of nitrogens with zero attached hydrogens (tertiary/aromatic N) is 2. The summed E-state index contributed by atoms with van der Waals surface area (Å²) >= 11 is 1.33. The van der Waals surface area contributed by atoms with Crippen molar-refractivity contribution in [3.63, 3.8) is 0 Å². The van der Waals surface area contributed by atoms with E-state index in [0.29, 0.717) is 43.8 Å². The molecule has 26 heavy (non-hydrogen) atoms. The average molecular weight is 383 g/mol. The Morgan fingerprint density at radius 1 is 1.35 bits per heavy atom. The minimum atomic E-state index is -0.353. The molecule has 3 rings (SSSR count). The van der Waals surface area contributed by atoms with Gasteiger partial charge in [0.05, 0.1) is 24.2 Å². The Morgan fingerprint density at radius 3 is 2.65 bits per heavy atom. The average Bonchev–Trinajstić information content (AvgIpc) is 3.31. The molecule has 8 nitrogen and oxygen atoms in total. The lowest BCUT2D eigenvalue weighted by Gasteiger charge is -2.34. The van der Waals surface area contributed by atoms with Gasteiger partial charge in [0.15, 0.2) is 12.1 Å². The van der Waals surface area contributed by atoms with Crippen molar-refractivity contribution in [2.24, 2.45) is 5.92 Å². The number of ether oxygens (including phenoxy) is 2. The molecule has 0 aliphatic carbocycles. The molecule has 0 bridgehead atoms. The van der Waals surface area contributed by atoms with Crippen LogP contribution in [0, 0.1) is 12.8 Å². The number of piperidine rings is 1. The van der Waals surface area contributed by atoms with E-state index >= 15 is 0 Å². The number of carbonyl (C=O) groups is 2. The van der Waals surface area contributed by atoms with Gasteiger partial charge in [0, 0.05) is 25.1 Å². The van der Waals surface area contributed by atoms with Crippen molar-refractivity contribution >= 4 is 29.4 Å². The fourth-order valence-corrected chi connectivity index (χ4v) is 3.87. The quantitative estimate of drug-likeness (QED) is 0.798. The standard InChI is InChI=1S/C17H25N3O5S/c1-11-9-14(19-25-11)18-16(22)12(2)26-10-15(21)20-5-3-13(4-6-20)17-23-7-8-24-17/h9,12-13,17H,3-8,10H2,1-2H3,(H,18,19,22). The van der Waals surface area contributed by atoms with Crippen LogP contribution in [0.25, 0.3) is 0 Å². The van der Waals surface area contributed by atoms with Crippen LogP contribution in [0.3, 0.4) is 0 Å². The number of amides is 2. The zero-order valence-electron chi connectivity index (χ0n) is 15.1. The SMILES string of the molecule is Cc1cc(NC(=O)C(C)SCC(=O)N2CCC(C3OCCO3)CC2)no1. The van der Waals surface area contributed by atoms with E-state index in [1.165, 1.54) is 11.8 Å². The molecule has 0 aromatic carbocycles. The molecule has 1 aromatic heterocycles. The van der Waals surface area contributed by atoms with E-state index in [2.05, 4.69) is 10.5 Å². The van der Waals surface area contributed by atoms with E-state index in [-0.39, 0.29) is 29.1 Å².